The van der Waals surface area contributed by atoms with Crippen LogP contribution >= 0.6 is 0 Å². The van der Waals surface area contributed by atoms with Crippen LogP contribution in [0.5, 0.6) is 0 Å². The minimum Gasteiger partial charge on any atom is -0.393 e. The van der Waals surface area contributed by atoms with E-state index in [0.717, 1.165) is 31.2 Å². The number of amides is 1. The normalized spacial score (nSPS) is 18.6. The molecule has 2 heterocycles. The summed E-state index contributed by atoms with van der Waals surface area (Å²) in [6.45, 7) is 1.54. The topological polar surface area (TPSA) is 75.1 Å². The lowest BCUT2D eigenvalue weighted by atomic mass is 9.82. The summed E-state index contributed by atoms with van der Waals surface area (Å²) in [6, 6.07) is 8.94. The molecular formula is C24H23F2N3O2. The second kappa shape index (κ2) is 8.89. The van der Waals surface area contributed by atoms with Gasteiger partial charge in [0.05, 0.1) is 29.2 Å². The molecule has 1 aliphatic rings. The van der Waals surface area contributed by atoms with E-state index in [1.165, 1.54) is 24.3 Å². The van der Waals surface area contributed by atoms with Crippen molar-refractivity contribution in [1.29, 1.82) is 0 Å². The van der Waals surface area contributed by atoms with Crippen molar-refractivity contribution in [1.82, 2.24) is 9.97 Å². The number of pyridine rings is 2. The lowest BCUT2D eigenvalue weighted by molar-refractivity contribution is 0.102. The molecule has 7 heteroatoms. The Morgan fingerprint density at radius 2 is 1.87 bits per heavy atom. The predicted molar refractivity (Wildman–Crippen MR) is 114 cm³/mol. The first-order valence-corrected chi connectivity index (χ1v) is 10.3. The van der Waals surface area contributed by atoms with E-state index in [9.17, 15) is 18.7 Å². The van der Waals surface area contributed by atoms with Gasteiger partial charge in [-0.3, -0.25) is 9.78 Å². The molecule has 1 aliphatic carbocycles. The Balaban J connectivity index is 1.60. The van der Waals surface area contributed by atoms with Gasteiger partial charge in [-0.25, -0.2) is 13.8 Å². The van der Waals surface area contributed by atoms with Gasteiger partial charge < -0.3 is 10.4 Å². The Bertz CT molecular complexity index is 1110. The first-order chi connectivity index (χ1) is 14.9. The number of aryl methyl sites for hydroxylation is 1. The molecule has 4 rings (SSSR count). The Morgan fingerprint density at radius 3 is 2.65 bits per heavy atom. The Hall–Kier alpha value is -3.19. The zero-order valence-corrected chi connectivity index (χ0v) is 17.1. The quantitative estimate of drug-likeness (QED) is 0.619. The standard InChI is InChI=1S/C24H23F2N3O2/c1-14-5-10-18(25)22(23(14)26)19-3-2-4-20(28-19)24(31)29-21-13-27-12-11-17(21)15-6-8-16(30)9-7-15/h2-5,10-13,15-16,30H,6-9H2,1H3,(H,29,31)/t15-,16+. The van der Waals surface area contributed by atoms with Crippen LogP contribution in [0.2, 0.25) is 0 Å². The first-order valence-electron chi connectivity index (χ1n) is 10.3. The molecule has 2 N–H and O–H groups in total. The molecular weight excluding hydrogens is 400 g/mol. The lowest BCUT2D eigenvalue weighted by Gasteiger charge is -2.27. The number of aliphatic hydroxyl groups is 1. The number of hydrogen-bond acceptors (Lipinski definition) is 4. The number of carbonyl (C=O) groups is 1. The van der Waals surface area contributed by atoms with E-state index in [1.807, 2.05) is 6.07 Å². The van der Waals surface area contributed by atoms with E-state index in [2.05, 4.69) is 15.3 Å². The molecule has 3 aromatic rings. The molecule has 1 saturated carbocycles. The molecule has 0 bridgehead atoms. The second-order valence-corrected chi connectivity index (χ2v) is 7.88. The number of aliphatic hydroxyl groups excluding tert-OH is 1. The summed E-state index contributed by atoms with van der Waals surface area (Å²) >= 11 is 0. The molecule has 0 atom stereocenters. The van der Waals surface area contributed by atoms with Gasteiger partial charge in [-0.2, -0.15) is 0 Å². The van der Waals surface area contributed by atoms with E-state index in [4.69, 9.17) is 0 Å². The Kier molecular flexibility index (Phi) is 6.04. The highest BCUT2D eigenvalue weighted by Crippen LogP contribution is 2.36. The zero-order chi connectivity index (χ0) is 22.0. The number of anilines is 1. The minimum absolute atomic E-state index is 0.0478. The maximum Gasteiger partial charge on any atom is 0.274 e. The fourth-order valence-corrected chi connectivity index (χ4v) is 4.03. The molecule has 0 spiro atoms. The Labute approximate surface area is 179 Å². The van der Waals surface area contributed by atoms with Crippen molar-refractivity contribution in [3.63, 3.8) is 0 Å². The smallest absolute Gasteiger partial charge is 0.274 e. The third kappa shape index (κ3) is 4.46. The van der Waals surface area contributed by atoms with E-state index in [-0.39, 0.29) is 29.0 Å². The van der Waals surface area contributed by atoms with Gasteiger partial charge >= 0.3 is 0 Å². The average Bonchev–Trinajstić information content (AvgIpc) is 2.78. The summed E-state index contributed by atoms with van der Waals surface area (Å²) in [4.78, 5) is 21.2. The molecule has 1 fully saturated rings. The van der Waals surface area contributed by atoms with Crippen LogP contribution in [-0.4, -0.2) is 27.1 Å². The summed E-state index contributed by atoms with van der Waals surface area (Å²) in [7, 11) is 0. The monoisotopic (exact) mass is 423 g/mol. The minimum atomic E-state index is -0.734. The third-order valence-corrected chi connectivity index (χ3v) is 5.76. The van der Waals surface area contributed by atoms with Crippen LogP contribution in [0.1, 0.15) is 53.2 Å². The van der Waals surface area contributed by atoms with Gasteiger partial charge in [-0.15, -0.1) is 0 Å². The van der Waals surface area contributed by atoms with Crippen LogP contribution in [-0.2, 0) is 0 Å². The lowest BCUT2D eigenvalue weighted by Crippen LogP contribution is -2.20. The largest absolute Gasteiger partial charge is 0.393 e. The molecule has 0 saturated heterocycles. The zero-order valence-electron chi connectivity index (χ0n) is 17.1. The van der Waals surface area contributed by atoms with Crippen molar-refractivity contribution >= 4 is 11.6 Å². The molecule has 0 radical (unpaired) electrons. The highest BCUT2D eigenvalue weighted by atomic mass is 19.1. The summed E-state index contributed by atoms with van der Waals surface area (Å²) in [5.41, 5.74) is 1.69. The number of halogens is 2. The molecule has 0 unspecified atom stereocenters. The number of nitrogens with zero attached hydrogens (tertiary/aromatic N) is 2. The number of rotatable bonds is 4. The Morgan fingerprint density at radius 1 is 1.10 bits per heavy atom. The van der Waals surface area contributed by atoms with Crippen LogP contribution in [0.25, 0.3) is 11.3 Å². The summed E-state index contributed by atoms with van der Waals surface area (Å²) in [5.74, 6) is -1.70. The molecule has 31 heavy (non-hydrogen) atoms. The van der Waals surface area contributed by atoms with E-state index < -0.39 is 17.5 Å². The van der Waals surface area contributed by atoms with Crippen LogP contribution in [0, 0.1) is 18.6 Å². The van der Waals surface area contributed by atoms with Gasteiger partial charge in [-0.1, -0.05) is 12.1 Å². The van der Waals surface area contributed by atoms with Gasteiger partial charge in [0.1, 0.15) is 17.3 Å². The highest BCUT2D eigenvalue weighted by Gasteiger charge is 2.24. The maximum atomic E-state index is 14.5. The molecule has 160 valence electrons. The van der Waals surface area contributed by atoms with E-state index in [0.29, 0.717) is 11.3 Å². The second-order valence-electron chi connectivity index (χ2n) is 7.88. The SMILES string of the molecule is Cc1ccc(F)c(-c2cccc(C(=O)Nc3cnccc3[C@H]3CC[C@@H](O)CC3)n2)c1F. The van der Waals surface area contributed by atoms with Crippen molar-refractivity contribution in [2.24, 2.45) is 0 Å². The fraction of sp³-hybridized carbons (Fsp3) is 0.292. The van der Waals surface area contributed by atoms with Gasteiger partial charge in [0.15, 0.2) is 0 Å². The maximum absolute atomic E-state index is 14.5. The number of benzene rings is 1. The number of nitrogens with one attached hydrogen (secondary N) is 1. The van der Waals surface area contributed by atoms with Gasteiger partial charge in [0.25, 0.3) is 5.91 Å². The molecule has 0 aliphatic heterocycles. The number of hydrogen-bond donors (Lipinski definition) is 2. The van der Waals surface area contributed by atoms with E-state index >= 15 is 0 Å². The average molecular weight is 423 g/mol. The van der Waals surface area contributed by atoms with Crippen molar-refractivity contribution in [3.05, 3.63) is 77.2 Å². The molecule has 2 aromatic heterocycles. The van der Waals surface area contributed by atoms with Crippen LogP contribution in [0.15, 0.2) is 48.8 Å². The first kappa shape index (κ1) is 21.1. The van der Waals surface area contributed by atoms with Crippen molar-refractivity contribution in [2.75, 3.05) is 5.32 Å². The van der Waals surface area contributed by atoms with Crippen molar-refractivity contribution < 1.29 is 18.7 Å². The van der Waals surface area contributed by atoms with Crippen molar-refractivity contribution in [3.8, 4) is 11.3 Å². The van der Waals surface area contributed by atoms with Crippen LogP contribution in [0.4, 0.5) is 14.5 Å². The molecule has 1 aromatic carbocycles. The fourth-order valence-electron chi connectivity index (χ4n) is 4.03. The molecule has 1 amide bonds. The highest BCUT2D eigenvalue weighted by molar-refractivity contribution is 6.03. The summed E-state index contributed by atoms with van der Waals surface area (Å²) in [6.07, 6.45) is 6.09. The van der Waals surface area contributed by atoms with E-state index in [1.54, 1.807) is 25.4 Å². The summed E-state index contributed by atoms with van der Waals surface area (Å²) in [5, 5.41) is 12.6. The molecule has 5 nitrogen and oxygen atoms in total. The third-order valence-electron chi connectivity index (χ3n) is 5.76. The van der Waals surface area contributed by atoms with Gasteiger partial charge in [0.2, 0.25) is 0 Å². The predicted octanol–water partition coefficient (Wildman–Crippen LogP) is 5.00. The van der Waals surface area contributed by atoms with Gasteiger partial charge in [-0.05, 0) is 73.9 Å². The van der Waals surface area contributed by atoms with Crippen LogP contribution < -0.4 is 5.32 Å². The van der Waals surface area contributed by atoms with Crippen LogP contribution in [0.3, 0.4) is 0 Å². The van der Waals surface area contributed by atoms with Gasteiger partial charge in [0, 0.05) is 6.20 Å². The van der Waals surface area contributed by atoms with Crippen molar-refractivity contribution in [2.45, 2.75) is 44.6 Å². The number of aromatic nitrogens is 2. The summed E-state index contributed by atoms with van der Waals surface area (Å²) < 4.78 is 28.8. The number of carbonyl (C=O) groups excluding carboxylic acids is 1.